The van der Waals surface area contributed by atoms with Crippen molar-refractivity contribution in [3.05, 3.63) is 56.6 Å². The number of hydrogen-bond donors (Lipinski definition) is 7. The van der Waals surface area contributed by atoms with Gasteiger partial charge in [0.05, 0.1) is 5.66 Å². The molecule has 7 aliphatic rings. The van der Waals surface area contributed by atoms with Crippen molar-refractivity contribution < 1.29 is 45.5 Å². The van der Waals surface area contributed by atoms with Gasteiger partial charge < -0.3 is 29.9 Å². The van der Waals surface area contributed by atoms with E-state index >= 15 is 0 Å². The van der Waals surface area contributed by atoms with Crippen LogP contribution in [0.2, 0.25) is 0 Å². The number of benzene rings is 2. The number of carbonyl (C=O) groups excluding carboxylic acids is 4. The normalized spacial score (nSPS) is 21.5. The molecule has 0 bridgehead atoms. The van der Waals surface area contributed by atoms with Crippen LogP contribution >= 0.6 is 0 Å². The standard InChI is InChI=1S/C50H68N10O10S2/c1-8-9-16-50(57-58-50)17-18-59-25-35(26-59)71(65,66)55-44(61)51-41-37-14-10-12-29(37)19-33-21-31(23-39(33)41)32-22-34-20-30-13-11-15-38(30)42(40(34)24-32)52-45(62)56-72(67,68)36-27-60(28-36)43(53-46(63)69-48(2,3)4)54-47(64)70-49(5,6)7/h1,19-20,31-32,35-36,57-58H,9-18,21-28H2,2-7H3,(H2,51,55,61)(H2,52,56,62)(H,53,54,63,64). The van der Waals surface area contributed by atoms with Gasteiger partial charge in [-0.2, -0.15) is 0 Å². The van der Waals surface area contributed by atoms with Crippen LogP contribution in [0.15, 0.2) is 17.1 Å². The number of hydrazine groups is 1. The van der Waals surface area contributed by atoms with Crippen LogP contribution in [0.4, 0.5) is 30.6 Å². The molecular formula is C50H68N10O10S2. The fraction of sp³-hybridized carbons (Fsp3) is 0.620. The highest BCUT2D eigenvalue weighted by Crippen LogP contribution is 2.48. The summed E-state index contributed by atoms with van der Waals surface area (Å²) in [5.74, 6) is 2.83. The summed E-state index contributed by atoms with van der Waals surface area (Å²) in [6.07, 6.45) is 13.9. The van der Waals surface area contributed by atoms with Gasteiger partial charge in [0.15, 0.2) is 0 Å². The van der Waals surface area contributed by atoms with Gasteiger partial charge in [0.25, 0.3) is 0 Å². The van der Waals surface area contributed by atoms with Crippen LogP contribution in [-0.2, 0) is 80.9 Å². The van der Waals surface area contributed by atoms with Crippen molar-refractivity contribution in [2.75, 3.05) is 43.4 Å². The molecule has 0 aromatic heterocycles. The number of terminal acetylenes is 1. The molecule has 3 fully saturated rings. The zero-order valence-corrected chi connectivity index (χ0v) is 43.6. The van der Waals surface area contributed by atoms with Crippen LogP contribution in [0.25, 0.3) is 0 Å². The van der Waals surface area contributed by atoms with Crippen molar-refractivity contribution in [1.29, 1.82) is 0 Å². The van der Waals surface area contributed by atoms with Gasteiger partial charge in [-0.25, -0.2) is 56.3 Å². The highest BCUT2D eigenvalue weighted by atomic mass is 32.2. The van der Waals surface area contributed by atoms with Gasteiger partial charge in [0.1, 0.15) is 21.7 Å². The van der Waals surface area contributed by atoms with E-state index in [2.05, 4.69) is 64.2 Å². The fourth-order valence-corrected chi connectivity index (χ4v) is 13.7. The molecule has 0 spiro atoms. The first-order valence-electron chi connectivity index (χ1n) is 25.1. The second-order valence-electron chi connectivity index (χ2n) is 22.5. The highest BCUT2D eigenvalue weighted by molar-refractivity contribution is 7.91. The Balaban J connectivity index is 0.827. The monoisotopic (exact) mass is 1030 g/mol. The van der Waals surface area contributed by atoms with E-state index in [1.807, 2.05) is 0 Å². The van der Waals surface area contributed by atoms with Crippen LogP contribution in [0.1, 0.15) is 118 Å². The second kappa shape index (κ2) is 19.4. The number of amides is 6. The number of nitrogens with one attached hydrogen (secondary N) is 7. The Hall–Kier alpha value is -5.47. The Labute approximate surface area is 422 Å². The number of nitrogens with zero attached hydrogens (tertiary/aromatic N) is 3. The first kappa shape index (κ1) is 51.4. The maximum absolute atomic E-state index is 13.7. The Bertz CT molecular complexity index is 2850. The molecule has 3 aliphatic heterocycles. The summed E-state index contributed by atoms with van der Waals surface area (Å²) in [5, 5.41) is 6.64. The smallest absolute Gasteiger partial charge is 0.437 e. The molecule has 7 N–H and O–H groups in total. The number of urea groups is 2. The third-order valence-electron chi connectivity index (χ3n) is 14.9. The largest absolute Gasteiger partial charge is 0.444 e. The molecule has 3 heterocycles. The van der Waals surface area contributed by atoms with E-state index in [9.17, 15) is 36.0 Å². The summed E-state index contributed by atoms with van der Waals surface area (Å²) in [6, 6.07) is 2.89. The predicted octanol–water partition coefficient (Wildman–Crippen LogP) is 4.49. The minimum absolute atomic E-state index is 0.183. The summed E-state index contributed by atoms with van der Waals surface area (Å²) in [7, 11) is -8.17. The lowest BCUT2D eigenvalue weighted by Gasteiger charge is -2.40. The molecule has 2 atom stereocenters. The molecule has 2 unspecified atom stereocenters. The molecule has 2 aromatic carbocycles. The third kappa shape index (κ3) is 11.5. The van der Waals surface area contributed by atoms with Gasteiger partial charge in [-0.3, -0.25) is 5.32 Å². The Kier molecular flexibility index (Phi) is 13.9. The quantitative estimate of drug-likeness (QED) is 0.0668. The Morgan fingerprint density at radius 2 is 1.21 bits per heavy atom. The summed E-state index contributed by atoms with van der Waals surface area (Å²) in [4.78, 5) is 60.0. The van der Waals surface area contributed by atoms with Crippen molar-refractivity contribution in [1.82, 2.24) is 35.4 Å². The third-order valence-corrected chi connectivity index (χ3v) is 18.2. The van der Waals surface area contributed by atoms with Crippen molar-refractivity contribution in [3.8, 4) is 12.3 Å². The number of fused-ring (bicyclic) bond motifs is 4. The average Bonchev–Trinajstić information content (AvgIpc) is 3.71. The number of likely N-dealkylation sites (tertiary alicyclic amines) is 2. The Morgan fingerprint density at radius 3 is 1.68 bits per heavy atom. The van der Waals surface area contributed by atoms with Gasteiger partial charge in [-0.05, 0) is 175 Å². The highest BCUT2D eigenvalue weighted by Gasteiger charge is 2.45. The van der Waals surface area contributed by atoms with Crippen molar-refractivity contribution in [2.45, 2.75) is 152 Å². The van der Waals surface area contributed by atoms with Crippen LogP contribution in [0.3, 0.4) is 0 Å². The number of rotatable bonds is 12. The summed E-state index contributed by atoms with van der Waals surface area (Å²) in [6.45, 7) is 11.0. The summed E-state index contributed by atoms with van der Waals surface area (Å²) < 4.78 is 69.3. The number of hydrogen-bond acceptors (Lipinski definition) is 13. The van der Waals surface area contributed by atoms with Crippen LogP contribution in [0.5, 0.6) is 0 Å². The topological polar surface area (TPSA) is 278 Å². The van der Waals surface area contributed by atoms with Crippen LogP contribution in [0, 0.1) is 24.2 Å². The molecular weight excluding hydrogens is 965 g/mol. The number of carbonyl (C=O) groups is 4. The first-order valence-corrected chi connectivity index (χ1v) is 28.2. The molecule has 72 heavy (non-hydrogen) atoms. The molecule has 22 heteroatoms. The van der Waals surface area contributed by atoms with Gasteiger partial charge >= 0.3 is 24.2 Å². The van der Waals surface area contributed by atoms with E-state index in [1.165, 1.54) is 10.5 Å². The fourth-order valence-electron chi connectivity index (χ4n) is 11.2. The SMILES string of the molecule is C#CCCC1(CCN2CC(S(=O)(=O)NC(=O)Nc3c4c(cc5c3CC(C3Cc6cc7c(c(NC(=O)NS(=O)(=O)C8CN(/C(=N\C(=O)OC(C)(C)C)NC(=O)OC(C)(C)C)C8)c6C3)CCC7)C5)CCC4)C2)NN1. The average molecular weight is 1030 g/mol. The molecule has 0 saturated carbocycles. The van der Waals surface area contributed by atoms with Gasteiger partial charge in [-0.1, -0.05) is 12.1 Å². The van der Waals surface area contributed by atoms with Crippen LogP contribution < -0.4 is 36.2 Å². The maximum atomic E-state index is 13.7. The minimum atomic E-state index is -4.24. The first-order chi connectivity index (χ1) is 33.9. The lowest BCUT2D eigenvalue weighted by atomic mass is 9.87. The molecule has 390 valence electrons. The zero-order chi connectivity index (χ0) is 51.5. The van der Waals surface area contributed by atoms with Crippen LogP contribution in [-0.4, -0.2) is 117 Å². The zero-order valence-electron chi connectivity index (χ0n) is 42.0. The van der Waals surface area contributed by atoms with E-state index < -0.39 is 66.0 Å². The van der Waals surface area contributed by atoms with Crippen molar-refractivity contribution >= 4 is 61.6 Å². The molecule has 3 saturated heterocycles. The molecule has 2 aromatic rings. The summed E-state index contributed by atoms with van der Waals surface area (Å²) >= 11 is 0. The number of sulfonamides is 2. The van der Waals surface area contributed by atoms with Crippen molar-refractivity contribution in [2.24, 2.45) is 16.8 Å². The number of anilines is 2. The Morgan fingerprint density at radius 1 is 0.708 bits per heavy atom. The molecule has 6 amide bonds. The van der Waals surface area contributed by atoms with Gasteiger partial charge in [-0.15, -0.1) is 17.3 Å². The minimum Gasteiger partial charge on any atom is -0.444 e. The van der Waals surface area contributed by atoms with E-state index in [0.717, 1.165) is 109 Å². The number of alkyl carbamates (subject to hydrolysis) is 1. The van der Waals surface area contributed by atoms with E-state index in [-0.39, 0.29) is 36.5 Å². The molecule has 20 nitrogen and oxygen atoms in total. The lowest BCUT2D eigenvalue weighted by molar-refractivity contribution is 0.0551. The number of ether oxygens (including phenoxy) is 2. The number of aliphatic imine (C=N–C) groups is 1. The van der Waals surface area contributed by atoms with E-state index in [0.29, 0.717) is 44.6 Å². The molecule has 4 aliphatic carbocycles. The second-order valence-corrected chi connectivity index (χ2v) is 26.5. The predicted molar refractivity (Wildman–Crippen MR) is 271 cm³/mol. The summed E-state index contributed by atoms with van der Waals surface area (Å²) in [5.41, 5.74) is 14.5. The number of aryl methyl sites for hydroxylation is 2. The number of guanidine groups is 1. The van der Waals surface area contributed by atoms with E-state index in [1.54, 1.807) is 41.5 Å². The lowest BCUT2D eigenvalue weighted by Crippen LogP contribution is -2.63. The van der Waals surface area contributed by atoms with Gasteiger partial charge in [0.2, 0.25) is 26.0 Å². The maximum Gasteiger partial charge on any atom is 0.437 e. The van der Waals surface area contributed by atoms with E-state index in [4.69, 9.17) is 15.9 Å². The van der Waals surface area contributed by atoms with Gasteiger partial charge in [0, 0.05) is 50.5 Å². The molecule has 9 rings (SSSR count). The van der Waals surface area contributed by atoms with Crippen molar-refractivity contribution in [3.63, 3.8) is 0 Å². The molecule has 0 radical (unpaired) electrons.